The van der Waals surface area contributed by atoms with E-state index in [-0.39, 0.29) is 5.91 Å². The van der Waals surface area contributed by atoms with Gasteiger partial charge >= 0.3 is 0 Å². The third-order valence-corrected chi connectivity index (χ3v) is 4.41. The molecule has 0 unspecified atom stereocenters. The molecule has 0 spiro atoms. The van der Waals surface area contributed by atoms with E-state index < -0.39 is 0 Å². The maximum atomic E-state index is 11.8. The predicted octanol–water partition coefficient (Wildman–Crippen LogP) is 5.46. The molecule has 3 aromatic carbocycles. The average Bonchev–Trinajstić information content (AvgIpc) is 2.66. The highest BCUT2D eigenvalue weighted by Gasteiger charge is 2.04. The van der Waals surface area contributed by atoms with Crippen LogP contribution in [-0.2, 0) is 4.79 Å². The number of amides is 1. The van der Waals surface area contributed by atoms with Crippen molar-refractivity contribution in [2.45, 2.75) is 12.8 Å². The van der Waals surface area contributed by atoms with Crippen LogP contribution in [0, 0.1) is 0 Å². The van der Waals surface area contributed by atoms with Crippen LogP contribution < -0.4 is 10.2 Å². The first kappa shape index (κ1) is 19.2. The minimum absolute atomic E-state index is 0.169. The van der Waals surface area contributed by atoms with E-state index in [4.69, 9.17) is 27.9 Å². The number of halogens is 2. The van der Waals surface area contributed by atoms with Crippen molar-refractivity contribution in [3.05, 3.63) is 76.3 Å². The van der Waals surface area contributed by atoms with Crippen LogP contribution in [0.5, 0.6) is 5.75 Å². The van der Waals surface area contributed by atoms with Crippen LogP contribution in [0.15, 0.2) is 65.8 Å². The second-order valence-corrected chi connectivity index (χ2v) is 6.77. The Bertz CT molecular complexity index is 973. The molecule has 0 saturated carbocycles. The molecule has 0 saturated heterocycles. The molecular weight excluding hydrogens is 383 g/mol. The lowest BCUT2D eigenvalue weighted by Crippen LogP contribution is -2.18. The van der Waals surface area contributed by atoms with E-state index in [1.165, 1.54) is 5.39 Å². The standard InChI is InChI=1S/C21H18Cl2N2O2/c22-18-9-10-20(19(23)13-18)27-11-3-6-21(26)25-24-14-15-7-8-16-4-1-2-5-17(16)12-15/h1-2,4-5,7-10,12-14H,3,6,11H2,(H,25,26). The fourth-order valence-corrected chi connectivity index (χ4v) is 2.99. The van der Waals surface area contributed by atoms with Crippen LogP contribution in [0.4, 0.5) is 0 Å². The largest absolute Gasteiger partial charge is 0.492 e. The van der Waals surface area contributed by atoms with E-state index >= 15 is 0 Å². The van der Waals surface area contributed by atoms with E-state index in [9.17, 15) is 4.79 Å². The van der Waals surface area contributed by atoms with Crippen LogP contribution in [0.1, 0.15) is 18.4 Å². The van der Waals surface area contributed by atoms with Gasteiger partial charge in [0, 0.05) is 11.4 Å². The molecule has 0 aliphatic heterocycles. The summed E-state index contributed by atoms with van der Waals surface area (Å²) < 4.78 is 5.55. The number of ether oxygens (including phenoxy) is 1. The molecule has 0 aliphatic carbocycles. The van der Waals surface area contributed by atoms with Gasteiger partial charge in [0.2, 0.25) is 5.91 Å². The Morgan fingerprint density at radius 3 is 2.67 bits per heavy atom. The summed E-state index contributed by atoms with van der Waals surface area (Å²) in [5.74, 6) is 0.383. The number of carbonyl (C=O) groups excluding carboxylic acids is 1. The average molecular weight is 401 g/mol. The van der Waals surface area contributed by atoms with Gasteiger partial charge in [-0.05, 0) is 47.0 Å². The van der Waals surface area contributed by atoms with Gasteiger partial charge in [0.05, 0.1) is 17.8 Å². The summed E-state index contributed by atoms with van der Waals surface area (Å²) >= 11 is 11.9. The molecule has 0 heterocycles. The lowest BCUT2D eigenvalue weighted by Gasteiger charge is -2.07. The van der Waals surface area contributed by atoms with E-state index in [0.29, 0.717) is 35.2 Å². The summed E-state index contributed by atoms with van der Waals surface area (Å²) in [6, 6.07) is 19.1. The lowest BCUT2D eigenvalue weighted by atomic mass is 10.1. The topological polar surface area (TPSA) is 50.7 Å². The van der Waals surface area contributed by atoms with Gasteiger partial charge in [-0.15, -0.1) is 0 Å². The molecule has 0 bridgehead atoms. The smallest absolute Gasteiger partial charge is 0.240 e. The van der Waals surface area contributed by atoms with Gasteiger partial charge in [-0.25, -0.2) is 5.43 Å². The van der Waals surface area contributed by atoms with Gasteiger partial charge in [-0.2, -0.15) is 5.10 Å². The maximum Gasteiger partial charge on any atom is 0.240 e. The quantitative estimate of drug-likeness (QED) is 0.325. The highest BCUT2D eigenvalue weighted by Crippen LogP contribution is 2.27. The van der Waals surface area contributed by atoms with E-state index in [2.05, 4.69) is 16.6 Å². The molecule has 3 aromatic rings. The monoisotopic (exact) mass is 400 g/mol. The lowest BCUT2D eigenvalue weighted by molar-refractivity contribution is -0.121. The van der Waals surface area contributed by atoms with Gasteiger partial charge in [0.15, 0.2) is 0 Å². The first-order valence-corrected chi connectivity index (χ1v) is 9.26. The van der Waals surface area contributed by atoms with Crippen molar-refractivity contribution in [3.63, 3.8) is 0 Å². The Kier molecular flexibility index (Phi) is 6.69. The van der Waals surface area contributed by atoms with Crippen molar-refractivity contribution in [1.82, 2.24) is 5.43 Å². The number of hydrazone groups is 1. The molecule has 0 aromatic heterocycles. The van der Waals surface area contributed by atoms with Gasteiger partial charge in [0.25, 0.3) is 0 Å². The van der Waals surface area contributed by atoms with Crippen LogP contribution in [-0.4, -0.2) is 18.7 Å². The first-order valence-electron chi connectivity index (χ1n) is 8.50. The molecule has 138 valence electrons. The van der Waals surface area contributed by atoms with Crippen LogP contribution in [0.2, 0.25) is 10.0 Å². The molecule has 27 heavy (non-hydrogen) atoms. The number of carbonyl (C=O) groups is 1. The second kappa shape index (κ2) is 9.40. The summed E-state index contributed by atoms with van der Waals surface area (Å²) in [7, 11) is 0. The van der Waals surface area contributed by atoms with Gasteiger partial charge in [-0.3, -0.25) is 4.79 Å². The summed E-state index contributed by atoms with van der Waals surface area (Å²) in [5.41, 5.74) is 3.45. The molecule has 0 aliphatic rings. The number of nitrogens with one attached hydrogen (secondary N) is 1. The molecule has 1 N–H and O–H groups in total. The molecular formula is C21H18Cl2N2O2. The van der Waals surface area contributed by atoms with Crippen molar-refractivity contribution >= 4 is 46.1 Å². The summed E-state index contributed by atoms with van der Waals surface area (Å²) in [5, 5.41) is 7.31. The van der Waals surface area contributed by atoms with Gasteiger partial charge in [0.1, 0.15) is 5.75 Å². The fraction of sp³-hybridized carbons (Fsp3) is 0.143. The number of nitrogens with zero attached hydrogens (tertiary/aromatic N) is 1. The third-order valence-electron chi connectivity index (χ3n) is 3.88. The normalized spacial score (nSPS) is 11.0. The minimum atomic E-state index is -0.169. The zero-order valence-corrected chi connectivity index (χ0v) is 16.0. The minimum Gasteiger partial charge on any atom is -0.492 e. The van der Waals surface area contributed by atoms with Crippen LogP contribution in [0.3, 0.4) is 0 Å². The van der Waals surface area contributed by atoms with Gasteiger partial charge < -0.3 is 4.74 Å². The zero-order chi connectivity index (χ0) is 19.1. The summed E-state index contributed by atoms with van der Waals surface area (Å²) in [4.78, 5) is 11.8. The Hall–Kier alpha value is -2.56. The van der Waals surface area contributed by atoms with E-state index in [0.717, 1.165) is 10.9 Å². The molecule has 0 radical (unpaired) electrons. The number of hydrogen-bond donors (Lipinski definition) is 1. The van der Waals surface area contributed by atoms with Crippen molar-refractivity contribution < 1.29 is 9.53 Å². The predicted molar refractivity (Wildman–Crippen MR) is 111 cm³/mol. The molecule has 0 atom stereocenters. The molecule has 4 nitrogen and oxygen atoms in total. The molecule has 0 fully saturated rings. The molecule has 1 amide bonds. The first-order chi connectivity index (χ1) is 13.1. The Balaban J connectivity index is 1.41. The number of benzene rings is 3. The van der Waals surface area contributed by atoms with E-state index in [1.807, 2.05) is 36.4 Å². The third kappa shape index (κ3) is 5.71. The fourth-order valence-electron chi connectivity index (χ4n) is 2.53. The van der Waals surface area contributed by atoms with Crippen LogP contribution >= 0.6 is 23.2 Å². The summed E-state index contributed by atoms with van der Waals surface area (Å²) in [6.45, 7) is 0.378. The Morgan fingerprint density at radius 2 is 1.85 bits per heavy atom. The van der Waals surface area contributed by atoms with Crippen molar-refractivity contribution in [3.8, 4) is 5.75 Å². The maximum absolute atomic E-state index is 11.8. The molecule has 3 rings (SSSR count). The Labute approximate surface area is 167 Å². The second-order valence-electron chi connectivity index (χ2n) is 5.93. The van der Waals surface area contributed by atoms with Crippen LogP contribution in [0.25, 0.3) is 10.8 Å². The number of fused-ring (bicyclic) bond motifs is 1. The highest BCUT2D eigenvalue weighted by atomic mass is 35.5. The number of rotatable bonds is 7. The Morgan fingerprint density at radius 1 is 1.04 bits per heavy atom. The van der Waals surface area contributed by atoms with Crippen molar-refractivity contribution in [2.24, 2.45) is 5.10 Å². The zero-order valence-electron chi connectivity index (χ0n) is 14.5. The summed E-state index contributed by atoms with van der Waals surface area (Å²) in [6.07, 6.45) is 2.49. The van der Waals surface area contributed by atoms with Crippen molar-refractivity contribution in [1.29, 1.82) is 0 Å². The number of hydrogen-bond acceptors (Lipinski definition) is 3. The molecule has 6 heteroatoms. The SMILES string of the molecule is O=C(CCCOc1ccc(Cl)cc1Cl)NN=Cc1ccc2ccccc2c1. The highest BCUT2D eigenvalue weighted by molar-refractivity contribution is 6.35. The van der Waals surface area contributed by atoms with E-state index in [1.54, 1.807) is 24.4 Å². The van der Waals surface area contributed by atoms with Crippen molar-refractivity contribution in [2.75, 3.05) is 6.61 Å². The van der Waals surface area contributed by atoms with Gasteiger partial charge in [-0.1, -0.05) is 59.6 Å².